The molecule has 0 aromatic heterocycles. The molecule has 0 radical (unpaired) electrons. The van der Waals surface area contributed by atoms with Crippen LogP contribution in [-0.2, 0) is 0 Å². The van der Waals surface area contributed by atoms with Crippen LogP contribution in [0.25, 0.3) is 0 Å². The second-order valence-corrected chi connectivity index (χ2v) is 6.85. The van der Waals surface area contributed by atoms with Crippen molar-refractivity contribution in [2.45, 2.75) is 46.1 Å². The van der Waals surface area contributed by atoms with Gasteiger partial charge in [-0.25, -0.2) is 0 Å². The number of para-hydroxylation sites is 1. The maximum absolute atomic E-state index is 9.70. The largest absolute Gasteiger partial charge is 0.366 e. The number of nitriles is 1. The average Bonchev–Trinajstić information content (AvgIpc) is 2.30. The highest BCUT2D eigenvalue weighted by Crippen LogP contribution is 2.32. The zero-order valence-corrected chi connectivity index (χ0v) is 13.8. The molecule has 0 spiro atoms. The number of benzene rings is 1. The molecule has 0 aliphatic carbocycles. The molecule has 1 N–H and O–H groups in total. The Labute approximate surface area is 125 Å². The lowest BCUT2D eigenvalue weighted by atomic mass is 9.82. The first-order chi connectivity index (χ1) is 8.88. The van der Waals surface area contributed by atoms with Gasteiger partial charge in [-0.15, -0.1) is 0 Å². The van der Waals surface area contributed by atoms with Crippen molar-refractivity contribution < 1.29 is 0 Å². The zero-order chi connectivity index (χ0) is 14.5. The van der Waals surface area contributed by atoms with E-state index in [9.17, 15) is 5.26 Å². The summed E-state index contributed by atoms with van der Waals surface area (Å²) in [5, 5.41) is 13.2. The third-order valence-electron chi connectivity index (χ3n) is 2.98. The lowest BCUT2D eigenvalue weighted by molar-refractivity contribution is 0.375. The van der Waals surface area contributed by atoms with Crippen LogP contribution < -0.4 is 5.32 Å². The highest BCUT2D eigenvalue weighted by Gasteiger charge is 2.32. The van der Waals surface area contributed by atoms with Gasteiger partial charge in [-0.05, 0) is 52.7 Å². The van der Waals surface area contributed by atoms with Gasteiger partial charge >= 0.3 is 0 Å². The Morgan fingerprint density at radius 3 is 2.11 bits per heavy atom. The fraction of sp³-hybridized carbons (Fsp3) is 0.562. The van der Waals surface area contributed by atoms with Gasteiger partial charge in [0.1, 0.15) is 5.54 Å². The number of hydrogen-bond acceptors (Lipinski definition) is 2. The van der Waals surface area contributed by atoms with E-state index in [1.807, 2.05) is 24.3 Å². The predicted octanol–water partition coefficient (Wildman–Crippen LogP) is 5.22. The number of nitrogens with zero attached hydrogens (tertiary/aromatic N) is 1. The van der Waals surface area contributed by atoms with Gasteiger partial charge in [0, 0.05) is 10.2 Å². The second kappa shape index (κ2) is 6.96. The summed E-state index contributed by atoms with van der Waals surface area (Å²) in [6.07, 6.45) is 1.70. The monoisotopic (exact) mass is 322 g/mol. The predicted molar refractivity (Wildman–Crippen MR) is 85.0 cm³/mol. The van der Waals surface area contributed by atoms with Crippen molar-refractivity contribution in [2.24, 2.45) is 11.8 Å². The number of hydrogen-bond donors (Lipinski definition) is 1. The van der Waals surface area contributed by atoms with Crippen LogP contribution in [0.5, 0.6) is 0 Å². The lowest BCUT2D eigenvalue weighted by Gasteiger charge is -2.32. The quantitative estimate of drug-likeness (QED) is 0.779. The minimum absolute atomic E-state index is 0.480. The molecule has 0 bridgehead atoms. The first kappa shape index (κ1) is 16.0. The van der Waals surface area contributed by atoms with Gasteiger partial charge in [0.05, 0.1) is 6.07 Å². The molecule has 0 amide bonds. The van der Waals surface area contributed by atoms with E-state index >= 15 is 0 Å². The summed E-state index contributed by atoms with van der Waals surface area (Å²) in [6.45, 7) is 8.64. The van der Waals surface area contributed by atoms with Crippen molar-refractivity contribution in [3.05, 3.63) is 28.7 Å². The maximum atomic E-state index is 9.70. The van der Waals surface area contributed by atoms with Crippen molar-refractivity contribution in [3.8, 4) is 6.07 Å². The van der Waals surface area contributed by atoms with E-state index in [0.29, 0.717) is 11.8 Å². The van der Waals surface area contributed by atoms with Crippen molar-refractivity contribution in [2.75, 3.05) is 5.32 Å². The fourth-order valence-electron chi connectivity index (χ4n) is 2.52. The summed E-state index contributed by atoms with van der Waals surface area (Å²) in [4.78, 5) is 0. The highest BCUT2D eigenvalue weighted by molar-refractivity contribution is 9.10. The molecule has 0 fully saturated rings. The van der Waals surface area contributed by atoms with Gasteiger partial charge in [-0.2, -0.15) is 5.26 Å². The number of nitrogens with one attached hydrogen (secondary N) is 1. The maximum Gasteiger partial charge on any atom is 0.125 e. The van der Waals surface area contributed by atoms with Crippen molar-refractivity contribution in [1.82, 2.24) is 0 Å². The number of anilines is 1. The minimum atomic E-state index is -0.494. The van der Waals surface area contributed by atoms with E-state index in [0.717, 1.165) is 23.0 Å². The third kappa shape index (κ3) is 4.87. The van der Waals surface area contributed by atoms with Gasteiger partial charge in [-0.3, -0.25) is 0 Å². The van der Waals surface area contributed by atoms with Crippen LogP contribution >= 0.6 is 15.9 Å². The Kier molecular flexibility index (Phi) is 5.87. The van der Waals surface area contributed by atoms with E-state index in [1.165, 1.54) is 0 Å². The highest BCUT2D eigenvalue weighted by atomic mass is 79.9. The van der Waals surface area contributed by atoms with Crippen molar-refractivity contribution in [3.63, 3.8) is 0 Å². The van der Waals surface area contributed by atoms with Crippen LogP contribution in [0.2, 0.25) is 0 Å². The van der Waals surface area contributed by atoms with E-state index in [4.69, 9.17) is 0 Å². The van der Waals surface area contributed by atoms with Gasteiger partial charge < -0.3 is 5.32 Å². The van der Waals surface area contributed by atoms with Crippen molar-refractivity contribution in [1.29, 1.82) is 5.26 Å². The number of halogens is 1. The standard InChI is InChI=1S/C16H23BrN2/c1-12(2)9-16(11-18,10-13(3)4)19-15-8-6-5-7-14(15)17/h5-8,12-13,19H,9-10H2,1-4H3. The second-order valence-electron chi connectivity index (χ2n) is 5.99. The molecule has 0 aliphatic heterocycles. The van der Waals surface area contributed by atoms with Crippen LogP contribution in [0.15, 0.2) is 28.7 Å². The molecule has 1 aromatic carbocycles. The SMILES string of the molecule is CC(C)CC(C#N)(CC(C)C)Nc1ccccc1Br. The average molecular weight is 323 g/mol. The van der Waals surface area contributed by atoms with Gasteiger partial charge in [0.15, 0.2) is 0 Å². The van der Waals surface area contributed by atoms with E-state index in [1.54, 1.807) is 0 Å². The Bertz CT molecular complexity index is 436. The van der Waals surface area contributed by atoms with Gasteiger partial charge in [-0.1, -0.05) is 39.8 Å². The van der Waals surface area contributed by atoms with Crippen LogP contribution in [0, 0.1) is 23.2 Å². The molecular weight excluding hydrogens is 300 g/mol. The normalized spacial score (nSPS) is 11.7. The van der Waals surface area contributed by atoms with Crippen LogP contribution in [0.3, 0.4) is 0 Å². The number of rotatable bonds is 6. The van der Waals surface area contributed by atoms with Crippen LogP contribution in [-0.4, -0.2) is 5.54 Å². The van der Waals surface area contributed by atoms with Crippen LogP contribution in [0.4, 0.5) is 5.69 Å². The Hall–Kier alpha value is -1.01. The summed E-state index contributed by atoms with van der Waals surface area (Å²) < 4.78 is 1.00. The molecule has 3 heteroatoms. The topological polar surface area (TPSA) is 35.8 Å². The van der Waals surface area contributed by atoms with Crippen LogP contribution in [0.1, 0.15) is 40.5 Å². The smallest absolute Gasteiger partial charge is 0.125 e. The molecule has 0 saturated carbocycles. The molecule has 0 unspecified atom stereocenters. The summed E-state index contributed by atoms with van der Waals surface area (Å²) in [6, 6.07) is 10.5. The molecule has 0 heterocycles. The summed E-state index contributed by atoms with van der Waals surface area (Å²) in [7, 11) is 0. The van der Waals surface area contributed by atoms with E-state index in [-0.39, 0.29) is 0 Å². The molecular formula is C16H23BrN2. The molecule has 1 aromatic rings. The van der Waals surface area contributed by atoms with E-state index in [2.05, 4.69) is 55.0 Å². The molecule has 0 saturated heterocycles. The summed E-state index contributed by atoms with van der Waals surface area (Å²) >= 11 is 3.54. The molecule has 1 rings (SSSR count). The summed E-state index contributed by atoms with van der Waals surface area (Å²) in [5.41, 5.74) is 0.497. The molecule has 0 aliphatic rings. The summed E-state index contributed by atoms with van der Waals surface area (Å²) in [5.74, 6) is 0.960. The van der Waals surface area contributed by atoms with Gasteiger partial charge in [0.25, 0.3) is 0 Å². The fourth-order valence-corrected chi connectivity index (χ4v) is 2.90. The lowest BCUT2D eigenvalue weighted by Crippen LogP contribution is -2.39. The molecule has 19 heavy (non-hydrogen) atoms. The van der Waals surface area contributed by atoms with Crippen molar-refractivity contribution >= 4 is 21.6 Å². The Balaban J connectivity index is 3.03. The molecule has 104 valence electrons. The Morgan fingerprint density at radius 2 is 1.68 bits per heavy atom. The molecule has 0 atom stereocenters. The van der Waals surface area contributed by atoms with E-state index < -0.39 is 5.54 Å². The first-order valence-electron chi connectivity index (χ1n) is 6.82. The van der Waals surface area contributed by atoms with Gasteiger partial charge in [0.2, 0.25) is 0 Å². The third-order valence-corrected chi connectivity index (χ3v) is 3.67. The first-order valence-corrected chi connectivity index (χ1v) is 7.62. The zero-order valence-electron chi connectivity index (χ0n) is 12.2. The minimum Gasteiger partial charge on any atom is -0.366 e. The molecule has 2 nitrogen and oxygen atoms in total. The Morgan fingerprint density at radius 1 is 1.16 bits per heavy atom.